The van der Waals surface area contributed by atoms with Gasteiger partial charge < -0.3 is 50.9 Å². The van der Waals surface area contributed by atoms with E-state index in [4.69, 9.17) is 19.5 Å². The molecule has 0 spiro atoms. The number of fused-ring (bicyclic) bond motifs is 1. The van der Waals surface area contributed by atoms with Gasteiger partial charge in [0.2, 0.25) is 11.8 Å². The van der Waals surface area contributed by atoms with E-state index in [9.17, 15) is 57.9 Å². The summed E-state index contributed by atoms with van der Waals surface area (Å²) in [4.78, 5) is 88.4. The number of anilines is 1. The normalized spacial score (nSPS) is 20.2. The molecule has 2 unspecified atom stereocenters. The summed E-state index contributed by atoms with van der Waals surface area (Å²) >= 11 is 1.14. The average Bonchev–Trinajstić information content (AvgIpc) is 3.84. The maximum atomic E-state index is 12.7. The van der Waals surface area contributed by atoms with Crippen molar-refractivity contribution in [1.82, 2.24) is 30.2 Å². The molecule has 1 aliphatic heterocycles. The molecule has 2 aromatic rings. The summed E-state index contributed by atoms with van der Waals surface area (Å²) in [7, 11) is -16.4. The number of nitrogen functional groups attached to an aromatic ring is 1. The molecule has 10 N–H and O–H groups in total. The lowest BCUT2D eigenvalue weighted by Gasteiger charge is -2.30. The molecule has 1 saturated heterocycles. The second-order valence-electron chi connectivity index (χ2n) is 16.6. The van der Waals surface area contributed by atoms with E-state index >= 15 is 0 Å². The number of thioether (sulfide) groups is 1. The zero-order chi connectivity index (χ0) is 51.1. The lowest BCUT2D eigenvalue weighted by molar-refractivity contribution is -0.137. The maximum absolute atomic E-state index is 12.7. The molecule has 1 fully saturated rings. The van der Waals surface area contributed by atoms with Crippen LogP contribution in [0.4, 0.5) is 5.82 Å². The number of carbonyl (C=O) groups excluding carboxylic acids is 3. The number of ether oxygens (including phenoxy) is 1. The van der Waals surface area contributed by atoms with Gasteiger partial charge in [-0.3, -0.25) is 32.5 Å². The molecule has 0 aliphatic carbocycles. The van der Waals surface area contributed by atoms with Gasteiger partial charge in [0.1, 0.15) is 36.3 Å². The second-order valence-corrected chi connectivity index (χ2v) is 22.0. The summed E-state index contributed by atoms with van der Waals surface area (Å²) in [6, 6.07) is 0. The summed E-state index contributed by atoms with van der Waals surface area (Å²) < 4.78 is 62.4. The Kier molecular flexibility index (Phi) is 26.1. The minimum Gasteiger partial charge on any atom is -0.386 e. The molecule has 1 aliphatic rings. The van der Waals surface area contributed by atoms with Gasteiger partial charge in [0.05, 0.1) is 19.5 Å². The molecule has 0 saturated carbocycles. The van der Waals surface area contributed by atoms with E-state index in [0.29, 0.717) is 12.2 Å². The number of nitrogens with zero attached hydrogens (tertiary/aromatic N) is 4. The van der Waals surface area contributed by atoms with Gasteiger partial charge in [0.25, 0.3) is 0 Å². The molecule has 3 heterocycles. The Balaban J connectivity index is 1.29. The summed E-state index contributed by atoms with van der Waals surface area (Å²) in [6.45, 7) is 2.75. The number of rotatable bonds is 34. The van der Waals surface area contributed by atoms with Crippen molar-refractivity contribution in [1.29, 1.82) is 0 Å². The van der Waals surface area contributed by atoms with Gasteiger partial charge in [-0.05, 0) is 44.9 Å². The minimum absolute atomic E-state index is 0.0317. The molecule has 0 radical (unpaired) electrons. The van der Waals surface area contributed by atoms with Crippen LogP contribution in [0, 0.1) is 5.41 Å². The van der Waals surface area contributed by atoms with E-state index in [1.165, 1.54) is 33.1 Å². The highest BCUT2D eigenvalue weighted by molar-refractivity contribution is 8.13. The highest BCUT2D eigenvalue weighted by atomic mass is 32.2. The number of aliphatic hydroxyl groups is 2. The van der Waals surface area contributed by atoms with Gasteiger partial charge in [-0.25, -0.2) is 28.6 Å². The van der Waals surface area contributed by atoms with Crippen molar-refractivity contribution < 1.29 is 80.5 Å². The number of hydrogen-bond acceptors (Lipinski definition) is 18. The lowest BCUT2D eigenvalue weighted by atomic mass is 9.87. The number of amides is 2. The molecule has 0 bridgehead atoms. The zero-order valence-electron chi connectivity index (χ0n) is 39.0. The molecule has 3 rings (SSSR count). The number of aromatic nitrogens is 4. The van der Waals surface area contributed by atoms with Crippen LogP contribution < -0.4 is 16.4 Å². The number of allylic oxidation sites excluding steroid dienone is 6. The van der Waals surface area contributed by atoms with Crippen LogP contribution in [0.15, 0.2) is 49.1 Å². The van der Waals surface area contributed by atoms with Crippen LogP contribution in [0.5, 0.6) is 0 Å². The summed E-state index contributed by atoms with van der Waals surface area (Å²) in [5.74, 6) is -1.05. The van der Waals surface area contributed by atoms with Crippen molar-refractivity contribution in [3.63, 3.8) is 0 Å². The van der Waals surface area contributed by atoms with E-state index in [1.54, 1.807) is 0 Å². The number of aliphatic hydroxyl groups excluding tert-OH is 2. The standard InChI is InChI=1S/C41H68N7O17P3S/c1-4-5-6-7-8-9-10-11-12-13-14-15-16-17-18-19-20-21-32(50)69-25-24-43-31(49)22-23-44-39(53)36(52)41(2,3)27-62-68(59,60)65-67(57,58)61-26-30-35(64-66(54,55)56)34(51)40(63-30)48-29-47-33-37(42)45-28-46-38(33)48/h8-9,11-12,14-15,28-30,34-36,40,51-52H,4-7,10,13,16-27H2,1-3H3,(H,43,49)(H,44,53)(H,57,58)(H,59,60)(H2,42,45,46)(H2,54,55,56)/b9-8+,12-11+,15-14+/t30-,34-,35-,36+,40-/m1/s1/i32+2. The van der Waals surface area contributed by atoms with Crippen molar-refractivity contribution in [2.45, 2.75) is 135 Å². The van der Waals surface area contributed by atoms with Gasteiger partial charge in [-0.2, -0.15) is 4.31 Å². The van der Waals surface area contributed by atoms with E-state index < -0.39 is 84.6 Å². The maximum Gasteiger partial charge on any atom is 0.481 e. The molecule has 24 nitrogen and oxygen atoms in total. The Bertz CT molecular complexity index is 2170. The fraction of sp³-hybridized carbons (Fsp3) is 0.659. The molecule has 28 heteroatoms. The van der Waals surface area contributed by atoms with Crippen molar-refractivity contribution in [2.24, 2.45) is 5.41 Å². The third-order valence-corrected chi connectivity index (χ3v) is 14.3. The Morgan fingerprint density at radius 1 is 0.928 bits per heavy atom. The monoisotopic (exact) mass is 1060 g/mol. The predicted octanol–water partition coefficient (Wildman–Crippen LogP) is 5.03. The molecule has 2 aromatic heterocycles. The van der Waals surface area contributed by atoms with Crippen LogP contribution in [-0.4, -0.2) is 123 Å². The van der Waals surface area contributed by atoms with Crippen LogP contribution in [0.3, 0.4) is 0 Å². The second kappa shape index (κ2) is 30.0. The van der Waals surface area contributed by atoms with Gasteiger partial charge in [0.15, 0.2) is 22.8 Å². The molecular weight excluding hydrogens is 989 g/mol. The number of carbonyl (C=O) groups is 3. The van der Waals surface area contributed by atoms with Crippen LogP contribution in [0.25, 0.3) is 11.2 Å². The number of unbranched alkanes of at least 4 members (excludes halogenated alkanes) is 7. The molecule has 7 atom stereocenters. The first-order valence-electron chi connectivity index (χ1n) is 22.6. The lowest BCUT2D eigenvalue weighted by Crippen LogP contribution is -2.46. The smallest absolute Gasteiger partial charge is 0.386 e. The quantitative estimate of drug-likeness (QED) is 0.0252. The third kappa shape index (κ3) is 22.8. The van der Waals surface area contributed by atoms with Crippen LogP contribution in [-0.2, 0) is 50.7 Å². The summed E-state index contributed by atoms with van der Waals surface area (Å²) in [5.41, 5.74) is 4.28. The van der Waals surface area contributed by atoms with Crippen molar-refractivity contribution >= 4 is 69.1 Å². The highest BCUT2D eigenvalue weighted by Crippen LogP contribution is 2.61. The fourth-order valence-corrected chi connectivity index (χ4v) is 10.1. The zero-order valence-corrected chi connectivity index (χ0v) is 42.5. The van der Waals surface area contributed by atoms with Gasteiger partial charge in [-0.15, -0.1) is 0 Å². The third-order valence-electron chi connectivity index (χ3n) is 10.3. The van der Waals surface area contributed by atoms with Gasteiger partial charge >= 0.3 is 23.5 Å². The van der Waals surface area contributed by atoms with Crippen LogP contribution in [0.1, 0.15) is 110 Å². The summed E-state index contributed by atoms with van der Waals surface area (Å²) in [5, 5.41) is 26.6. The van der Waals surface area contributed by atoms with Crippen molar-refractivity contribution in [3.05, 3.63) is 49.1 Å². The Morgan fingerprint density at radius 2 is 1.57 bits per heavy atom. The van der Waals surface area contributed by atoms with Crippen LogP contribution in [0.2, 0.25) is 0 Å². The van der Waals surface area contributed by atoms with E-state index in [2.05, 4.69) is 77.8 Å². The minimum atomic E-state index is -5.58. The molecule has 0 aromatic carbocycles. The average molecular weight is 1060 g/mol. The van der Waals surface area contributed by atoms with E-state index in [0.717, 1.165) is 80.4 Å². The van der Waals surface area contributed by atoms with Gasteiger partial charge in [0, 0.05) is 37.1 Å². The number of phosphoric acid groups is 3. The highest BCUT2D eigenvalue weighted by Gasteiger charge is 2.50. The summed E-state index contributed by atoms with van der Waals surface area (Å²) in [6.07, 6.45) is 18.5. The van der Waals surface area contributed by atoms with E-state index in [1.807, 2.05) is 0 Å². The molecule has 69 heavy (non-hydrogen) atoms. The largest absolute Gasteiger partial charge is 0.481 e. The Morgan fingerprint density at radius 3 is 2.23 bits per heavy atom. The Hall–Kier alpha value is -3.22. The first-order chi connectivity index (χ1) is 32.6. The topological polar surface area (TPSA) is 364 Å². The number of imidazole rings is 1. The number of phosphoric ester groups is 3. The predicted molar refractivity (Wildman–Crippen MR) is 256 cm³/mol. The van der Waals surface area contributed by atoms with Crippen molar-refractivity contribution in [3.8, 4) is 0 Å². The fourth-order valence-electron chi connectivity index (χ4n) is 6.54. The first kappa shape index (κ1) is 60.1. The molecular formula is C41H68N7O17P3S. The number of nitrogens with one attached hydrogen (secondary N) is 2. The number of nitrogens with two attached hydrogens (primary N) is 1. The van der Waals surface area contributed by atoms with Crippen LogP contribution >= 0.6 is 35.2 Å². The number of hydrogen-bond donors (Lipinski definition) is 9. The van der Waals surface area contributed by atoms with Crippen molar-refractivity contribution in [2.75, 3.05) is 37.8 Å². The first-order valence-corrected chi connectivity index (χ1v) is 28.1. The van der Waals surface area contributed by atoms with Gasteiger partial charge in [-0.1, -0.05) is 94.7 Å². The molecule has 390 valence electrons. The molecule has 2 amide bonds. The Labute approximate surface area is 405 Å². The SMILES string of the molecule is CCCCC/C=C/C/C=C/C/C=C/CCCCCC[14C](=O)SCCNC(=O)CCNC(=O)[C@H](O)C(C)(C)COP(=O)(O)OP(=O)(O)OC[C@H]1O[C@@H](n2cnc3c(N)ncnc32)[C@H](O)[C@@H]1OP(=O)(O)O. The van der Waals surface area contributed by atoms with E-state index in [-0.39, 0.29) is 41.6 Å².